The molecule has 3 aromatic carbocycles. The second-order valence-corrected chi connectivity index (χ2v) is 7.14. The van der Waals surface area contributed by atoms with E-state index in [9.17, 15) is 19.4 Å². The normalized spacial score (nSPS) is 11.1. The first-order valence-electron chi connectivity index (χ1n) is 9.30. The number of halogens is 1. The van der Waals surface area contributed by atoms with Gasteiger partial charge in [-0.2, -0.15) is 0 Å². The predicted molar refractivity (Wildman–Crippen MR) is 111 cm³/mol. The van der Waals surface area contributed by atoms with Crippen molar-refractivity contribution in [2.75, 3.05) is 0 Å². The number of pyridine rings is 1. The fraction of sp³-hybridized carbons (Fsp3) is 0.125. The third-order valence-corrected chi connectivity index (χ3v) is 5.18. The number of phenolic OH excluding ortho intramolecular Hbond substituents is 2. The van der Waals surface area contributed by atoms with E-state index in [1.165, 1.54) is 28.8 Å². The van der Waals surface area contributed by atoms with Gasteiger partial charge in [-0.1, -0.05) is 42.5 Å². The van der Waals surface area contributed by atoms with Crippen LogP contribution < -0.4 is 5.56 Å². The van der Waals surface area contributed by atoms with Gasteiger partial charge in [-0.05, 0) is 35.7 Å². The molecule has 0 saturated heterocycles. The Kier molecular flexibility index (Phi) is 4.80. The smallest absolute Gasteiger partial charge is 0.255 e. The van der Waals surface area contributed by atoms with E-state index in [1.54, 1.807) is 19.1 Å². The van der Waals surface area contributed by atoms with Crippen molar-refractivity contribution in [1.29, 1.82) is 0 Å². The lowest BCUT2D eigenvalue weighted by Crippen LogP contribution is -2.26. The summed E-state index contributed by atoms with van der Waals surface area (Å²) in [6.45, 7) is 2.00. The van der Waals surface area contributed by atoms with E-state index in [-0.39, 0.29) is 29.4 Å². The van der Waals surface area contributed by atoms with Gasteiger partial charge in [0.1, 0.15) is 17.3 Å². The minimum absolute atomic E-state index is 0.0836. The molecule has 4 rings (SSSR count). The zero-order valence-electron chi connectivity index (χ0n) is 15.9. The Balaban J connectivity index is 1.96. The van der Waals surface area contributed by atoms with Crippen LogP contribution in [-0.4, -0.2) is 14.8 Å². The van der Waals surface area contributed by atoms with Gasteiger partial charge >= 0.3 is 0 Å². The first-order valence-corrected chi connectivity index (χ1v) is 9.30. The molecule has 1 aromatic heterocycles. The zero-order valence-corrected chi connectivity index (χ0v) is 15.9. The molecule has 0 atom stereocenters. The summed E-state index contributed by atoms with van der Waals surface area (Å²) in [5.41, 5.74) is 3.22. The Labute approximate surface area is 167 Å². The van der Waals surface area contributed by atoms with Crippen LogP contribution in [0.4, 0.5) is 4.39 Å². The largest absolute Gasteiger partial charge is 0.508 e. The zero-order chi connectivity index (χ0) is 20.5. The van der Waals surface area contributed by atoms with E-state index in [1.807, 2.05) is 30.3 Å². The molecule has 0 aliphatic carbocycles. The summed E-state index contributed by atoms with van der Waals surface area (Å²) in [6.07, 6.45) is 0.422. The molecule has 4 nitrogen and oxygen atoms in total. The van der Waals surface area contributed by atoms with Crippen LogP contribution in [0.3, 0.4) is 0 Å². The van der Waals surface area contributed by atoms with Crippen LogP contribution >= 0.6 is 0 Å². The maximum atomic E-state index is 13.4. The van der Waals surface area contributed by atoms with Crippen LogP contribution in [-0.2, 0) is 13.0 Å². The molecule has 146 valence electrons. The summed E-state index contributed by atoms with van der Waals surface area (Å²) >= 11 is 0. The Hall–Kier alpha value is -3.60. The van der Waals surface area contributed by atoms with Gasteiger partial charge in [-0.15, -0.1) is 0 Å². The molecule has 0 aliphatic heterocycles. The molecular formula is C24H20FNO3. The molecule has 0 fully saturated rings. The van der Waals surface area contributed by atoms with Crippen molar-refractivity contribution >= 4 is 10.9 Å². The second kappa shape index (κ2) is 7.43. The molecule has 0 spiro atoms. The van der Waals surface area contributed by atoms with Crippen molar-refractivity contribution in [2.24, 2.45) is 0 Å². The fourth-order valence-electron chi connectivity index (χ4n) is 3.72. The molecule has 4 aromatic rings. The van der Waals surface area contributed by atoms with E-state index >= 15 is 0 Å². The van der Waals surface area contributed by atoms with Crippen molar-refractivity contribution in [2.45, 2.75) is 19.9 Å². The molecule has 0 amide bonds. The highest BCUT2D eigenvalue weighted by molar-refractivity contribution is 5.90. The number of hydrogen-bond donors (Lipinski definition) is 2. The fourth-order valence-corrected chi connectivity index (χ4v) is 3.72. The summed E-state index contributed by atoms with van der Waals surface area (Å²) in [6, 6.07) is 18.3. The predicted octanol–water partition coefficient (Wildman–Crippen LogP) is 4.50. The molecule has 1 heterocycles. The van der Waals surface area contributed by atoms with Crippen LogP contribution in [0.1, 0.15) is 22.3 Å². The average molecular weight is 389 g/mol. The Bertz CT molecular complexity index is 1250. The van der Waals surface area contributed by atoms with Crippen LogP contribution in [0, 0.1) is 12.7 Å². The number of fused-ring (bicyclic) bond motifs is 1. The molecule has 29 heavy (non-hydrogen) atoms. The van der Waals surface area contributed by atoms with E-state index in [0.29, 0.717) is 28.5 Å². The SMILES string of the molecule is Cc1c(Cc2ccccc2)c(=O)n(Cc2ccc(F)cc2)c2cc(O)cc(O)c12. The van der Waals surface area contributed by atoms with Gasteiger partial charge in [0, 0.05) is 29.5 Å². The van der Waals surface area contributed by atoms with Crippen LogP contribution in [0.25, 0.3) is 10.9 Å². The average Bonchev–Trinajstić information content (AvgIpc) is 2.70. The summed E-state index contributed by atoms with van der Waals surface area (Å²) in [4.78, 5) is 13.4. The van der Waals surface area contributed by atoms with Gasteiger partial charge in [0.05, 0.1) is 12.1 Å². The van der Waals surface area contributed by atoms with Gasteiger partial charge < -0.3 is 14.8 Å². The lowest BCUT2D eigenvalue weighted by molar-refractivity contribution is 0.454. The van der Waals surface area contributed by atoms with E-state index < -0.39 is 0 Å². The lowest BCUT2D eigenvalue weighted by atomic mass is 9.97. The topological polar surface area (TPSA) is 62.5 Å². The van der Waals surface area contributed by atoms with Crippen molar-refractivity contribution in [3.63, 3.8) is 0 Å². The number of rotatable bonds is 4. The first-order chi connectivity index (χ1) is 13.9. The van der Waals surface area contributed by atoms with Crippen LogP contribution in [0.15, 0.2) is 71.5 Å². The number of aromatic nitrogens is 1. The summed E-state index contributed by atoms with van der Waals surface area (Å²) < 4.78 is 14.8. The molecule has 0 radical (unpaired) electrons. The van der Waals surface area contributed by atoms with E-state index in [0.717, 1.165) is 11.1 Å². The van der Waals surface area contributed by atoms with Crippen molar-refractivity contribution < 1.29 is 14.6 Å². The van der Waals surface area contributed by atoms with Crippen LogP contribution in [0.5, 0.6) is 11.5 Å². The number of benzene rings is 3. The molecule has 0 aliphatic rings. The highest BCUT2D eigenvalue weighted by Gasteiger charge is 2.18. The maximum absolute atomic E-state index is 13.4. The van der Waals surface area contributed by atoms with Gasteiger partial charge in [0.2, 0.25) is 0 Å². The number of nitrogens with zero attached hydrogens (tertiary/aromatic N) is 1. The standard InChI is InChI=1S/C24H20FNO3/c1-15-20(11-16-5-3-2-4-6-16)24(29)26(14-17-7-9-18(25)10-8-17)21-12-19(27)13-22(28)23(15)21/h2-10,12-13,27-28H,11,14H2,1H3. The van der Waals surface area contributed by atoms with E-state index in [2.05, 4.69) is 0 Å². The van der Waals surface area contributed by atoms with Crippen molar-refractivity contribution in [1.82, 2.24) is 4.57 Å². The van der Waals surface area contributed by atoms with Gasteiger partial charge in [0.25, 0.3) is 5.56 Å². The number of aryl methyl sites for hydroxylation is 1. The molecule has 0 saturated carbocycles. The lowest BCUT2D eigenvalue weighted by Gasteiger charge is -2.17. The van der Waals surface area contributed by atoms with Gasteiger partial charge in [0.15, 0.2) is 0 Å². The molecular weight excluding hydrogens is 369 g/mol. The molecule has 2 N–H and O–H groups in total. The Morgan fingerprint density at radius 1 is 0.931 bits per heavy atom. The van der Waals surface area contributed by atoms with Gasteiger partial charge in [-0.3, -0.25) is 4.79 Å². The highest BCUT2D eigenvalue weighted by atomic mass is 19.1. The first kappa shape index (κ1) is 18.7. The highest BCUT2D eigenvalue weighted by Crippen LogP contribution is 2.33. The number of aromatic hydroxyl groups is 2. The minimum Gasteiger partial charge on any atom is -0.508 e. The third kappa shape index (κ3) is 3.59. The molecule has 0 unspecified atom stereocenters. The van der Waals surface area contributed by atoms with Crippen molar-refractivity contribution in [3.8, 4) is 11.5 Å². The third-order valence-electron chi connectivity index (χ3n) is 5.18. The van der Waals surface area contributed by atoms with Crippen molar-refractivity contribution in [3.05, 3.63) is 105 Å². The quantitative estimate of drug-likeness (QED) is 0.540. The molecule has 5 heteroatoms. The van der Waals surface area contributed by atoms with Gasteiger partial charge in [-0.25, -0.2) is 4.39 Å². The van der Waals surface area contributed by atoms with E-state index in [4.69, 9.17) is 0 Å². The summed E-state index contributed by atoms with van der Waals surface area (Å²) in [7, 11) is 0. The maximum Gasteiger partial charge on any atom is 0.255 e. The molecule has 0 bridgehead atoms. The summed E-state index contributed by atoms with van der Waals surface area (Å²) in [5, 5.41) is 21.0. The summed E-state index contributed by atoms with van der Waals surface area (Å²) in [5.74, 6) is -0.563. The minimum atomic E-state index is -0.352. The number of hydrogen-bond acceptors (Lipinski definition) is 3. The Morgan fingerprint density at radius 2 is 1.62 bits per heavy atom. The number of phenols is 2. The second-order valence-electron chi connectivity index (χ2n) is 7.14. The Morgan fingerprint density at radius 3 is 2.31 bits per heavy atom. The monoisotopic (exact) mass is 389 g/mol. The van der Waals surface area contributed by atoms with Crippen LogP contribution in [0.2, 0.25) is 0 Å².